The zero-order chi connectivity index (χ0) is 21.9. The van der Waals surface area contributed by atoms with E-state index in [1.165, 1.54) is 36.5 Å². The lowest BCUT2D eigenvalue weighted by Gasteiger charge is -2.12. The van der Waals surface area contributed by atoms with Gasteiger partial charge in [0.15, 0.2) is 0 Å². The summed E-state index contributed by atoms with van der Waals surface area (Å²) in [6.07, 6.45) is 1.42. The van der Waals surface area contributed by atoms with Gasteiger partial charge >= 0.3 is 0 Å². The number of nitrogens with two attached hydrogens (primary N) is 1. The van der Waals surface area contributed by atoms with Crippen molar-refractivity contribution in [3.05, 3.63) is 66.1 Å². The van der Waals surface area contributed by atoms with Gasteiger partial charge in [0.1, 0.15) is 10.7 Å². The van der Waals surface area contributed by atoms with E-state index in [1.54, 1.807) is 6.07 Å². The minimum Gasteiger partial charge on any atom is -0.368 e. The number of carbonyl (C=O) groups excluding carboxylic acids is 1. The monoisotopic (exact) mass is 429 g/mol. The van der Waals surface area contributed by atoms with Crippen LogP contribution in [0.2, 0.25) is 0 Å². The molecule has 10 heteroatoms. The van der Waals surface area contributed by atoms with E-state index in [2.05, 4.69) is 20.0 Å². The fourth-order valence-electron chi connectivity index (χ4n) is 2.69. The Kier molecular flexibility index (Phi) is 5.97. The average Bonchev–Trinajstić information content (AvgIpc) is 2.67. The third-order valence-corrected chi connectivity index (χ3v) is 5.40. The zero-order valence-corrected chi connectivity index (χ0v) is 17.1. The number of sulfonamides is 1. The van der Waals surface area contributed by atoms with E-state index < -0.39 is 20.7 Å². The lowest BCUT2D eigenvalue weighted by molar-refractivity contribution is 0.0943. The summed E-state index contributed by atoms with van der Waals surface area (Å²) in [5.74, 6) is -1.27. The number of carbonyl (C=O) groups is 1. The predicted octanol–water partition coefficient (Wildman–Crippen LogP) is 2.80. The van der Waals surface area contributed by atoms with E-state index >= 15 is 0 Å². The number of hydrogen-bond acceptors (Lipinski definition) is 6. The van der Waals surface area contributed by atoms with Gasteiger partial charge in [-0.3, -0.25) is 9.52 Å². The van der Waals surface area contributed by atoms with Crippen LogP contribution in [0.25, 0.3) is 11.3 Å². The first-order valence-corrected chi connectivity index (χ1v) is 10.5. The van der Waals surface area contributed by atoms with Crippen LogP contribution in [0.1, 0.15) is 24.2 Å². The molecule has 0 aliphatic rings. The van der Waals surface area contributed by atoms with Crippen molar-refractivity contribution in [3.8, 4) is 11.3 Å². The van der Waals surface area contributed by atoms with Crippen molar-refractivity contribution >= 4 is 27.6 Å². The molecule has 0 fully saturated rings. The molecule has 4 N–H and O–H groups in total. The Hall–Kier alpha value is -3.53. The van der Waals surface area contributed by atoms with E-state index in [4.69, 9.17) is 5.73 Å². The molecule has 156 valence electrons. The molecule has 0 aliphatic heterocycles. The molecule has 0 aliphatic carbocycles. The van der Waals surface area contributed by atoms with Crippen molar-refractivity contribution in [2.75, 3.05) is 10.5 Å². The van der Waals surface area contributed by atoms with Crippen LogP contribution >= 0.6 is 0 Å². The fraction of sp³-hybridized carbons (Fsp3) is 0.150. The van der Waals surface area contributed by atoms with E-state index in [9.17, 15) is 17.6 Å². The molecule has 0 saturated heterocycles. The number of rotatable bonds is 6. The third-order valence-electron chi connectivity index (χ3n) is 3.99. The summed E-state index contributed by atoms with van der Waals surface area (Å²) in [4.78, 5) is 19.3. The van der Waals surface area contributed by atoms with Crippen LogP contribution in [0.3, 0.4) is 0 Å². The molecule has 0 radical (unpaired) electrons. The number of anilines is 2. The summed E-state index contributed by atoms with van der Waals surface area (Å²) in [6.45, 7) is 3.62. The van der Waals surface area contributed by atoms with Crippen molar-refractivity contribution in [1.82, 2.24) is 15.3 Å². The Morgan fingerprint density at radius 2 is 1.90 bits per heavy atom. The van der Waals surface area contributed by atoms with Crippen LogP contribution in [0, 0.1) is 5.82 Å². The number of nitrogens with zero attached hydrogens (tertiary/aromatic N) is 2. The Morgan fingerprint density at radius 3 is 2.57 bits per heavy atom. The second-order valence-electron chi connectivity index (χ2n) is 6.76. The molecule has 0 spiro atoms. The molecular weight excluding hydrogens is 409 g/mol. The number of amides is 1. The van der Waals surface area contributed by atoms with Crippen molar-refractivity contribution in [2.45, 2.75) is 24.8 Å². The number of nitrogen functional groups attached to an aromatic ring is 1. The Morgan fingerprint density at radius 1 is 1.13 bits per heavy atom. The minimum atomic E-state index is -4.23. The quantitative estimate of drug-likeness (QED) is 0.553. The molecule has 3 rings (SSSR count). The molecule has 3 aromatic rings. The predicted molar refractivity (Wildman–Crippen MR) is 112 cm³/mol. The molecule has 1 amide bonds. The molecule has 1 heterocycles. The first-order chi connectivity index (χ1) is 14.2. The molecule has 1 aromatic heterocycles. The van der Waals surface area contributed by atoms with Gasteiger partial charge in [-0.1, -0.05) is 12.1 Å². The molecule has 0 unspecified atom stereocenters. The largest absolute Gasteiger partial charge is 0.368 e. The number of halogens is 1. The van der Waals surface area contributed by atoms with Crippen molar-refractivity contribution in [2.24, 2.45) is 0 Å². The molecule has 8 nitrogen and oxygen atoms in total. The zero-order valence-electron chi connectivity index (χ0n) is 16.3. The number of aromatic nitrogens is 2. The Bertz CT molecular complexity index is 1200. The standard InChI is InChI=1S/C20H20FN5O3S/c1-12(2)24-19(27)14-4-3-5-15(10-14)26-30(28,29)18-7-6-13(11-16(18)21)17-8-9-23-20(22)25-17/h3-12,26H,1-2H3,(H,24,27)(H2,22,23,25). The first kappa shape index (κ1) is 21.2. The lowest BCUT2D eigenvalue weighted by atomic mass is 10.1. The van der Waals surface area contributed by atoms with E-state index in [1.807, 2.05) is 13.8 Å². The summed E-state index contributed by atoms with van der Waals surface area (Å²) >= 11 is 0. The van der Waals surface area contributed by atoms with Crippen LogP contribution in [0.5, 0.6) is 0 Å². The SMILES string of the molecule is CC(C)NC(=O)c1cccc(NS(=O)(=O)c2ccc(-c3ccnc(N)n3)cc2F)c1. The summed E-state index contributed by atoms with van der Waals surface area (Å²) in [6, 6.07) is 11.0. The van der Waals surface area contributed by atoms with Gasteiger partial charge in [0, 0.05) is 29.1 Å². The summed E-state index contributed by atoms with van der Waals surface area (Å²) in [5.41, 5.74) is 6.66. The van der Waals surface area contributed by atoms with Crippen LogP contribution in [-0.2, 0) is 10.0 Å². The Balaban J connectivity index is 1.87. The fourth-order valence-corrected chi connectivity index (χ4v) is 3.80. The van der Waals surface area contributed by atoms with Gasteiger partial charge in [-0.05, 0) is 50.2 Å². The van der Waals surface area contributed by atoms with Gasteiger partial charge in [0.2, 0.25) is 5.95 Å². The van der Waals surface area contributed by atoms with Gasteiger partial charge in [-0.2, -0.15) is 0 Å². The highest BCUT2D eigenvalue weighted by molar-refractivity contribution is 7.92. The average molecular weight is 429 g/mol. The summed E-state index contributed by atoms with van der Waals surface area (Å²) in [7, 11) is -4.23. The second-order valence-corrected chi connectivity index (χ2v) is 8.41. The van der Waals surface area contributed by atoms with Gasteiger partial charge < -0.3 is 11.1 Å². The third kappa shape index (κ3) is 4.90. The van der Waals surface area contributed by atoms with Crippen molar-refractivity contribution in [3.63, 3.8) is 0 Å². The number of hydrogen-bond donors (Lipinski definition) is 3. The smallest absolute Gasteiger partial charge is 0.264 e. The van der Waals surface area contributed by atoms with Crippen LogP contribution in [0.4, 0.5) is 16.0 Å². The van der Waals surface area contributed by atoms with E-state index in [0.717, 1.165) is 12.1 Å². The molecular formula is C20H20FN5O3S. The van der Waals surface area contributed by atoms with E-state index in [0.29, 0.717) is 11.3 Å². The molecule has 0 atom stereocenters. The van der Waals surface area contributed by atoms with Gasteiger partial charge in [0.05, 0.1) is 5.69 Å². The lowest BCUT2D eigenvalue weighted by Crippen LogP contribution is -2.30. The van der Waals surface area contributed by atoms with Crippen LogP contribution in [0.15, 0.2) is 59.6 Å². The summed E-state index contributed by atoms with van der Waals surface area (Å²) in [5, 5.41) is 2.72. The molecule has 0 saturated carbocycles. The second kappa shape index (κ2) is 8.46. The van der Waals surface area contributed by atoms with Gasteiger partial charge in [-0.25, -0.2) is 22.8 Å². The maximum Gasteiger partial charge on any atom is 0.264 e. The highest BCUT2D eigenvalue weighted by atomic mass is 32.2. The summed E-state index contributed by atoms with van der Waals surface area (Å²) < 4.78 is 42.3. The minimum absolute atomic E-state index is 0.0210. The maximum atomic E-state index is 14.6. The molecule has 30 heavy (non-hydrogen) atoms. The number of benzene rings is 2. The molecule has 2 aromatic carbocycles. The van der Waals surface area contributed by atoms with Gasteiger partial charge in [0.25, 0.3) is 15.9 Å². The van der Waals surface area contributed by atoms with Crippen LogP contribution in [-0.4, -0.2) is 30.3 Å². The Labute approximate surface area is 173 Å². The molecule has 0 bridgehead atoms. The normalized spacial score (nSPS) is 11.3. The van der Waals surface area contributed by atoms with Crippen molar-refractivity contribution < 1.29 is 17.6 Å². The number of nitrogens with one attached hydrogen (secondary N) is 2. The topological polar surface area (TPSA) is 127 Å². The van der Waals surface area contributed by atoms with Crippen LogP contribution < -0.4 is 15.8 Å². The maximum absolute atomic E-state index is 14.6. The highest BCUT2D eigenvalue weighted by Gasteiger charge is 2.21. The van der Waals surface area contributed by atoms with Gasteiger partial charge in [-0.15, -0.1) is 0 Å². The van der Waals surface area contributed by atoms with Crippen molar-refractivity contribution in [1.29, 1.82) is 0 Å². The first-order valence-electron chi connectivity index (χ1n) is 8.98. The highest BCUT2D eigenvalue weighted by Crippen LogP contribution is 2.25. The van der Waals surface area contributed by atoms with E-state index in [-0.39, 0.29) is 29.1 Å².